The quantitative estimate of drug-likeness (QED) is 0.457. The van der Waals surface area contributed by atoms with Gasteiger partial charge in [0, 0.05) is 18.7 Å². The molecular weight excluding hydrogens is 310 g/mol. The van der Waals surface area contributed by atoms with Gasteiger partial charge >= 0.3 is 0 Å². The molecule has 0 radical (unpaired) electrons. The van der Waals surface area contributed by atoms with E-state index in [1.54, 1.807) is 12.3 Å². The maximum atomic E-state index is 10.0. The molecule has 0 saturated carbocycles. The van der Waals surface area contributed by atoms with Crippen LogP contribution in [-0.4, -0.2) is 35.7 Å². The van der Waals surface area contributed by atoms with Crippen molar-refractivity contribution in [1.82, 2.24) is 10.7 Å². The van der Waals surface area contributed by atoms with Gasteiger partial charge in [-0.3, -0.25) is 5.43 Å². The minimum Gasteiger partial charge on any atom is -0.507 e. The van der Waals surface area contributed by atoms with Crippen LogP contribution in [0.4, 0.5) is 0 Å². The van der Waals surface area contributed by atoms with Gasteiger partial charge in [-0.25, -0.2) is 0 Å². The predicted molar refractivity (Wildman–Crippen MR) is 95.9 cm³/mol. The molecule has 23 heavy (non-hydrogen) atoms. The number of nitrogens with zero attached hydrogens (tertiary/aromatic N) is 1. The number of fused-ring (bicyclic) bond motifs is 1. The van der Waals surface area contributed by atoms with E-state index in [2.05, 4.69) is 15.8 Å². The first-order valence-corrected chi connectivity index (χ1v) is 8.04. The number of hydrogen-bond donors (Lipinski definition) is 3. The van der Waals surface area contributed by atoms with Crippen molar-refractivity contribution in [3.63, 3.8) is 0 Å². The van der Waals surface area contributed by atoms with Gasteiger partial charge in [-0.15, -0.1) is 0 Å². The Balaban J connectivity index is 1.61. The summed E-state index contributed by atoms with van der Waals surface area (Å²) in [6, 6.07) is 11.4. The normalized spacial score (nSPS) is 17.7. The average Bonchev–Trinajstić information content (AvgIpc) is 3.08. The van der Waals surface area contributed by atoms with Crippen molar-refractivity contribution in [2.45, 2.75) is 18.9 Å². The minimum atomic E-state index is 0.187. The fourth-order valence-corrected chi connectivity index (χ4v) is 2.76. The van der Waals surface area contributed by atoms with E-state index >= 15 is 0 Å². The summed E-state index contributed by atoms with van der Waals surface area (Å²) in [6.07, 6.45) is 3.96. The Morgan fingerprint density at radius 2 is 2.22 bits per heavy atom. The lowest BCUT2D eigenvalue weighted by Gasteiger charge is -2.11. The first-order chi connectivity index (χ1) is 11.2. The molecule has 5 nitrogen and oxygen atoms in total. The Hall–Kier alpha value is -2.18. The SMILES string of the molecule is Oc1ccc2ccccc2c1/C=N/NC(=S)NCC1CCCO1. The molecule has 1 aliphatic rings. The Labute approximate surface area is 140 Å². The third-order valence-electron chi connectivity index (χ3n) is 3.82. The highest BCUT2D eigenvalue weighted by Crippen LogP contribution is 2.25. The molecule has 120 valence electrons. The molecule has 1 unspecified atom stereocenters. The molecule has 0 amide bonds. The number of rotatable bonds is 4. The third-order valence-corrected chi connectivity index (χ3v) is 4.06. The van der Waals surface area contributed by atoms with Gasteiger partial charge in [-0.05, 0) is 41.9 Å². The summed E-state index contributed by atoms with van der Waals surface area (Å²) in [6.45, 7) is 1.51. The minimum absolute atomic E-state index is 0.187. The molecule has 3 N–H and O–H groups in total. The van der Waals surface area contributed by atoms with E-state index < -0.39 is 0 Å². The molecule has 2 aromatic carbocycles. The first kappa shape index (κ1) is 15.7. The number of benzene rings is 2. The number of phenols is 1. The predicted octanol–water partition coefficient (Wildman–Crippen LogP) is 2.52. The number of nitrogens with one attached hydrogen (secondary N) is 2. The van der Waals surface area contributed by atoms with Crippen LogP contribution in [0.25, 0.3) is 10.8 Å². The fourth-order valence-electron chi connectivity index (χ4n) is 2.63. The zero-order chi connectivity index (χ0) is 16.1. The second kappa shape index (κ2) is 7.39. The molecule has 1 fully saturated rings. The molecule has 6 heteroatoms. The Kier molecular flexibility index (Phi) is 5.05. The van der Waals surface area contributed by atoms with Gasteiger partial charge < -0.3 is 15.2 Å². The topological polar surface area (TPSA) is 65.9 Å². The maximum Gasteiger partial charge on any atom is 0.187 e. The van der Waals surface area contributed by atoms with Gasteiger partial charge in [0.25, 0.3) is 0 Å². The van der Waals surface area contributed by atoms with Crippen LogP contribution in [0.1, 0.15) is 18.4 Å². The van der Waals surface area contributed by atoms with Gasteiger partial charge in [0.05, 0.1) is 12.3 Å². The molecule has 0 aromatic heterocycles. The van der Waals surface area contributed by atoms with Crippen LogP contribution in [0.15, 0.2) is 41.5 Å². The molecule has 3 rings (SSSR count). The standard InChI is InChI=1S/C17H19N3O2S/c21-16-8-7-12-4-1-2-6-14(12)15(16)11-19-20-17(23)18-10-13-5-3-9-22-13/h1-2,4,6-8,11,13,21H,3,5,9-10H2,(H2,18,20,23)/b19-11+. The number of thiocarbonyl (C=S) groups is 1. The number of ether oxygens (including phenoxy) is 1. The highest BCUT2D eigenvalue weighted by molar-refractivity contribution is 7.80. The van der Waals surface area contributed by atoms with E-state index in [1.807, 2.05) is 30.3 Å². The number of phenolic OH excluding ortho intramolecular Hbond substituents is 1. The van der Waals surface area contributed by atoms with Gasteiger partial charge in [-0.2, -0.15) is 5.10 Å². The van der Waals surface area contributed by atoms with Crippen molar-refractivity contribution in [2.24, 2.45) is 5.10 Å². The molecule has 0 bridgehead atoms. The summed E-state index contributed by atoms with van der Waals surface area (Å²) >= 11 is 5.18. The number of hydrazone groups is 1. The highest BCUT2D eigenvalue weighted by Gasteiger charge is 2.15. The van der Waals surface area contributed by atoms with E-state index in [0.29, 0.717) is 17.2 Å². The summed E-state index contributed by atoms with van der Waals surface area (Å²) in [5, 5.41) is 19.7. The lowest BCUT2D eigenvalue weighted by Crippen LogP contribution is -2.37. The highest BCUT2D eigenvalue weighted by atomic mass is 32.1. The molecule has 0 aliphatic carbocycles. The van der Waals surface area contributed by atoms with E-state index in [1.165, 1.54) is 0 Å². The molecule has 1 aliphatic heterocycles. The Bertz CT molecular complexity index is 727. The summed E-state index contributed by atoms with van der Waals surface area (Å²) in [5.41, 5.74) is 3.43. The van der Waals surface area contributed by atoms with Gasteiger partial charge in [0.15, 0.2) is 5.11 Å². The largest absolute Gasteiger partial charge is 0.507 e. The van der Waals surface area contributed by atoms with Crippen molar-refractivity contribution in [2.75, 3.05) is 13.2 Å². The maximum absolute atomic E-state index is 10.0. The van der Waals surface area contributed by atoms with Crippen LogP contribution >= 0.6 is 12.2 Å². The summed E-state index contributed by atoms with van der Waals surface area (Å²) in [4.78, 5) is 0. The molecule has 1 saturated heterocycles. The van der Waals surface area contributed by atoms with Gasteiger partial charge in [-0.1, -0.05) is 30.3 Å². The Morgan fingerprint density at radius 1 is 1.35 bits per heavy atom. The van der Waals surface area contributed by atoms with E-state index in [9.17, 15) is 5.11 Å². The van der Waals surface area contributed by atoms with Crippen molar-refractivity contribution in [1.29, 1.82) is 0 Å². The van der Waals surface area contributed by atoms with Crippen molar-refractivity contribution < 1.29 is 9.84 Å². The van der Waals surface area contributed by atoms with Gasteiger partial charge in [0.2, 0.25) is 0 Å². The van der Waals surface area contributed by atoms with E-state index in [4.69, 9.17) is 17.0 Å². The molecule has 2 aromatic rings. The molecule has 1 heterocycles. The summed E-state index contributed by atoms with van der Waals surface area (Å²) in [5.74, 6) is 0.187. The number of hydrogen-bond acceptors (Lipinski definition) is 4. The van der Waals surface area contributed by atoms with Crippen LogP contribution in [0, 0.1) is 0 Å². The van der Waals surface area contributed by atoms with Crippen LogP contribution in [0.5, 0.6) is 5.75 Å². The second-order valence-electron chi connectivity index (χ2n) is 5.43. The molecule has 0 spiro atoms. The fraction of sp³-hybridized carbons (Fsp3) is 0.294. The van der Waals surface area contributed by atoms with Crippen molar-refractivity contribution in [3.05, 3.63) is 42.0 Å². The van der Waals surface area contributed by atoms with E-state index in [0.717, 1.165) is 30.2 Å². The average molecular weight is 329 g/mol. The lowest BCUT2D eigenvalue weighted by atomic mass is 10.0. The Morgan fingerprint density at radius 3 is 3.04 bits per heavy atom. The van der Waals surface area contributed by atoms with Crippen molar-refractivity contribution >= 4 is 34.3 Å². The number of aromatic hydroxyl groups is 1. The lowest BCUT2D eigenvalue weighted by molar-refractivity contribution is 0.114. The van der Waals surface area contributed by atoms with Crippen LogP contribution in [0.2, 0.25) is 0 Å². The smallest absolute Gasteiger partial charge is 0.187 e. The van der Waals surface area contributed by atoms with E-state index in [-0.39, 0.29) is 11.9 Å². The second-order valence-corrected chi connectivity index (χ2v) is 5.84. The van der Waals surface area contributed by atoms with Crippen molar-refractivity contribution in [3.8, 4) is 5.75 Å². The summed E-state index contributed by atoms with van der Waals surface area (Å²) < 4.78 is 5.52. The van der Waals surface area contributed by atoms with Crippen LogP contribution in [-0.2, 0) is 4.74 Å². The zero-order valence-corrected chi connectivity index (χ0v) is 13.5. The zero-order valence-electron chi connectivity index (χ0n) is 12.7. The summed E-state index contributed by atoms with van der Waals surface area (Å²) in [7, 11) is 0. The first-order valence-electron chi connectivity index (χ1n) is 7.63. The van der Waals surface area contributed by atoms with Crippen LogP contribution < -0.4 is 10.7 Å². The van der Waals surface area contributed by atoms with Gasteiger partial charge in [0.1, 0.15) is 5.75 Å². The molecular formula is C17H19N3O2S. The molecule has 1 atom stereocenters. The monoisotopic (exact) mass is 329 g/mol. The van der Waals surface area contributed by atoms with Crippen LogP contribution in [0.3, 0.4) is 0 Å². The third kappa shape index (κ3) is 3.97.